The number of primary amides is 1. The molecule has 29 heavy (non-hydrogen) atoms. The van der Waals surface area contributed by atoms with E-state index >= 15 is 0 Å². The number of hydrogen-bond acceptors (Lipinski definition) is 5. The third kappa shape index (κ3) is 4.48. The van der Waals surface area contributed by atoms with Gasteiger partial charge in [-0.25, -0.2) is 0 Å². The first-order valence-electron chi connectivity index (χ1n) is 10.00. The van der Waals surface area contributed by atoms with Crippen LogP contribution in [-0.4, -0.2) is 65.8 Å². The maximum Gasteiger partial charge on any atom is 0.261 e. The van der Waals surface area contributed by atoms with Crippen LogP contribution in [0.4, 0.5) is 0 Å². The third-order valence-corrected chi connectivity index (χ3v) is 5.38. The molecule has 0 unspecified atom stereocenters. The number of hydrogen-bond donors (Lipinski definition) is 1. The molecule has 4 amide bonds. The van der Waals surface area contributed by atoms with Crippen LogP contribution in [0.5, 0.6) is 0 Å². The Kier molecular flexibility index (Phi) is 6.32. The van der Waals surface area contributed by atoms with E-state index in [0.717, 1.165) is 0 Å². The van der Waals surface area contributed by atoms with Crippen molar-refractivity contribution in [1.82, 2.24) is 9.80 Å². The molecule has 1 fully saturated rings. The zero-order valence-corrected chi connectivity index (χ0v) is 16.8. The van der Waals surface area contributed by atoms with Crippen LogP contribution < -0.4 is 5.73 Å². The fourth-order valence-corrected chi connectivity index (χ4v) is 3.72. The van der Waals surface area contributed by atoms with E-state index in [0.29, 0.717) is 50.1 Å². The average Bonchev–Trinajstić information content (AvgIpc) is 2.94. The molecule has 1 saturated heterocycles. The molecule has 2 aliphatic heterocycles. The van der Waals surface area contributed by atoms with Crippen molar-refractivity contribution in [1.29, 1.82) is 0 Å². The number of carbonyl (C=O) groups excluding carboxylic acids is 4. The van der Waals surface area contributed by atoms with Gasteiger partial charge in [0.15, 0.2) is 0 Å². The molecule has 3 rings (SSSR count). The lowest BCUT2D eigenvalue weighted by molar-refractivity contribution is -0.123. The van der Waals surface area contributed by atoms with Crippen LogP contribution in [-0.2, 0) is 9.53 Å². The van der Waals surface area contributed by atoms with Crippen molar-refractivity contribution in [3.63, 3.8) is 0 Å². The highest BCUT2D eigenvalue weighted by molar-refractivity contribution is 6.22. The molecule has 0 bridgehead atoms. The Morgan fingerprint density at radius 3 is 2.41 bits per heavy atom. The lowest BCUT2D eigenvalue weighted by Crippen LogP contribution is -2.41. The molecule has 1 aromatic carbocycles. The zero-order chi connectivity index (χ0) is 21.1. The summed E-state index contributed by atoms with van der Waals surface area (Å²) < 4.78 is 5.46. The van der Waals surface area contributed by atoms with Gasteiger partial charge in [0.2, 0.25) is 5.91 Å². The quantitative estimate of drug-likeness (QED) is 0.549. The van der Waals surface area contributed by atoms with E-state index in [1.54, 1.807) is 17.0 Å². The van der Waals surface area contributed by atoms with Gasteiger partial charge in [-0.1, -0.05) is 0 Å². The van der Waals surface area contributed by atoms with Crippen LogP contribution in [0.25, 0.3) is 0 Å². The fourth-order valence-electron chi connectivity index (χ4n) is 3.72. The second-order valence-electron chi connectivity index (χ2n) is 7.76. The van der Waals surface area contributed by atoms with Crippen molar-refractivity contribution in [2.24, 2.45) is 11.7 Å². The molecule has 8 nitrogen and oxygen atoms in total. The minimum atomic E-state index is -0.378. The number of likely N-dealkylation sites (tertiary alicyclic amines) is 1. The largest absolute Gasteiger partial charge is 0.379 e. The van der Waals surface area contributed by atoms with Crippen molar-refractivity contribution >= 4 is 23.6 Å². The Morgan fingerprint density at radius 1 is 1.14 bits per heavy atom. The summed E-state index contributed by atoms with van der Waals surface area (Å²) in [4.78, 5) is 52.2. The first kappa shape index (κ1) is 21.0. The Hall–Kier alpha value is -2.74. The molecule has 1 aromatic rings. The monoisotopic (exact) mass is 401 g/mol. The number of ether oxygens (including phenoxy) is 1. The smallest absolute Gasteiger partial charge is 0.261 e. The first-order valence-corrected chi connectivity index (χ1v) is 10.00. The number of amides is 4. The van der Waals surface area contributed by atoms with E-state index in [2.05, 4.69) is 0 Å². The number of imide groups is 1. The topological polar surface area (TPSA) is 110 Å². The summed E-state index contributed by atoms with van der Waals surface area (Å²) >= 11 is 0. The molecule has 0 aliphatic carbocycles. The van der Waals surface area contributed by atoms with E-state index in [1.165, 1.54) is 11.0 Å². The number of carbonyl (C=O) groups is 4. The predicted molar refractivity (Wildman–Crippen MR) is 105 cm³/mol. The summed E-state index contributed by atoms with van der Waals surface area (Å²) in [5.41, 5.74) is 6.29. The van der Waals surface area contributed by atoms with Crippen molar-refractivity contribution < 1.29 is 23.9 Å². The molecule has 2 N–H and O–H groups in total. The van der Waals surface area contributed by atoms with E-state index in [9.17, 15) is 19.2 Å². The Labute approximate surface area is 170 Å². The van der Waals surface area contributed by atoms with Gasteiger partial charge < -0.3 is 15.4 Å². The van der Waals surface area contributed by atoms with E-state index < -0.39 is 0 Å². The van der Waals surface area contributed by atoms with Gasteiger partial charge in [0, 0.05) is 37.7 Å². The van der Waals surface area contributed by atoms with Gasteiger partial charge in [-0.15, -0.1) is 0 Å². The highest BCUT2D eigenvalue weighted by atomic mass is 16.5. The summed E-state index contributed by atoms with van der Waals surface area (Å²) in [7, 11) is 0. The minimum absolute atomic E-state index is 0.0961. The van der Waals surface area contributed by atoms with Crippen molar-refractivity contribution in [2.45, 2.75) is 39.2 Å². The molecule has 0 aromatic heterocycles. The Bertz CT molecular complexity index is 828. The second-order valence-corrected chi connectivity index (χ2v) is 7.76. The van der Waals surface area contributed by atoms with Crippen LogP contribution in [0, 0.1) is 5.92 Å². The highest BCUT2D eigenvalue weighted by Crippen LogP contribution is 2.26. The predicted octanol–water partition coefficient (Wildman–Crippen LogP) is 1.44. The summed E-state index contributed by atoms with van der Waals surface area (Å²) in [5.74, 6) is -1.46. The zero-order valence-electron chi connectivity index (χ0n) is 16.8. The SMILES string of the molecule is CC(C)OCCCN1C(=O)c2ccc(C(=O)N3CCC(C(N)=O)CC3)cc2C1=O. The molecule has 0 spiro atoms. The van der Waals surface area contributed by atoms with E-state index in [1.807, 2.05) is 13.8 Å². The maximum absolute atomic E-state index is 12.8. The molecule has 0 atom stereocenters. The average molecular weight is 401 g/mol. The van der Waals surface area contributed by atoms with Crippen molar-refractivity contribution in [2.75, 3.05) is 26.2 Å². The molecular formula is C21H27N3O5. The van der Waals surface area contributed by atoms with Gasteiger partial charge in [-0.05, 0) is 51.3 Å². The van der Waals surface area contributed by atoms with Crippen LogP contribution in [0.15, 0.2) is 18.2 Å². The minimum Gasteiger partial charge on any atom is -0.379 e. The van der Waals surface area contributed by atoms with Gasteiger partial charge in [-0.2, -0.15) is 0 Å². The summed E-state index contributed by atoms with van der Waals surface area (Å²) in [5, 5.41) is 0. The molecule has 0 radical (unpaired) electrons. The number of piperidine rings is 1. The Morgan fingerprint density at radius 2 is 1.79 bits per heavy atom. The summed E-state index contributed by atoms with van der Waals surface area (Å²) in [6.07, 6.45) is 1.73. The van der Waals surface area contributed by atoms with E-state index in [4.69, 9.17) is 10.5 Å². The van der Waals surface area contributed by atoms with Crippen LogP contribution >= 0.6 is 0 Å². The molecule has 2 aliphatic rings. The number of nitrogens with two attached hydrogens (primary N) is 1. The van der Waals surface area contributed by atoms with Gasteiger partial charge in [0.1, 0.15) is 0 Å². The number of fused-ring (bicyclic) bond motifs is 1. The standard InChI is InChI=1S/C21H27N3O5/c1-13(2)29-11-3-8-24-20(27)16-5-4-15(12-17(16)21(24)28)19(26)23-9-6-14(7-10-23)18(22)25/h4-5,12-14H,3,6-11H2,1-2H3,(H2,22,25). The molecule has 8 heteroatoms. The van der Waals surface area contributed by atoms with Crippen molar-refractivity contribution in [3.8, 4) is 0 Å². The summed E-state index contributed by atoms with van der Waals surface area (Å²) in [6.45, 7) is 5.49. The lowest BCUT2D eigenvalue weighted by Gasteiger charge is -2.30. The Balaban J connectivity index is 1.66. The molecule has 156 valence electrons. The number of nitrogens with zero attached hydrogens (tertiary/aromatic N) is 2. The maximum atomic E-state index is 12.8. The van der Waals surface area contributed by atoms with Gasteiger partial charge in [-0.3, -0.25) is 24.1 Å². The fraction of sp³-hybridized carbons (Fsp3) is 0.524. The third-order valence-electron chi connectivity index (χ3n) is 5.38. The van der Waals surface area contributed by atoms with Gasteiger partial charge >= 0.3 is 0 Å². The van der Waals surface area contributed by atoms with Gasteiger partial charge in [0.05, 0.1) is 17.2 Å². The van der Waals surface area contributed by atoms with Crippen LogP contribution in [0.3, 0.4) is 0 Å². The molecule has 2 heterocycles. The van der Waals surface area contributed by atoms with Crippen LogP contribution in [0.1, 0.15) is 64.2 Å². The van der Waals surface area contributed by atoms with Crippen molar-refractivity contribution in [3.05, 3.63) is 34.9 Å². The highest BCUT2D eigenvalue weighted by Gasteiger charge is 2.36. The normalized spacial score (nSPS) is 17.2. The second kappa shape index (κ2) is 8.73. The number of benzene rings is 1. The van der Waals surface area contributed by atoms with E-state index in [-0.39, 0.29) is 47.8 Å². The van der Waals surface area contributed by atoms with Crippen LogP contribution in [0.2, 0.25) is 0 Å². The number of rotatable bonds is 7. The molecular weight excluding hydrogens is 374 g/mol. The lowest BCUT2D eigenvalue weighted by atomic mass is 9.95. The molecule has 0 saturated carbocycles. The first-order chi connectivity index (χ1) is 13.8. The van der Waals surface area contributed by atoms with Gasteiger partial charge in [0.25, 0.3) is 17.7 Å². The summed E-state index contributed by atoms with van der Waals surface area (Å²) in [6, 6.07) is 4.63.